The van der Waals surface area contributed by atoms with Crippen molar-refractivity contribution in [3.05, 3.63) is 30.4 Å². The quantitative estimate of drug-likeness (QED) is 0.926. The summed E-state index contributed by atoms with van der Waals surface area (Å²) in [5, 5.41) is 11.5. The molecule has 1 aliphatic heterocycles. The molecule has 3 rings (SSSR count). The third kappa shape index (κ3) is 4.01. The van der Waals surface area contributed by atoms with Crippen LogP contribution in [0.25, 0.3) is 0 Å². The van der Waals surface area contributed by atoms with Crippen molar-refractivity contribution in [3.63, 3.8) is 0 Å². The topological polar surface area (TPSA) is 77.2 Å². The summed E-state index contributed by atoms with van der Waals surface area (Å²) in [4.78, 5) is 14.3. The minimum atomic E-state index is -0.142. The Balaban J connectivity index is 1.63. The lowest BCUT2D eigenvalue weighted by Crippen LogP contribution is -2.44. The van der Waals surface area contributed by atoms with Gasteiger partial charge in [0.15, 0.2) is 0 Å². The van der Waals surface area contributed by atoms with Gasteiger partial charge in [-0.2, -0.15) is 10.2 Å². The number of carbonyl (C=O) groups excluding carboxylic acids is 1. The van der Waals surface area contributed by atoms with Crippen LogP contribution in [0, 0.1) is 0 Å². The number of nitrogens with one attached hydrogen (secondary N) is 1. The molecule has 1 saturated heterocycles. The third-order valence-corrected chi connectivity index (χ3v) is 4.22. The second-order valence-corrected chi connectivity index (χ2v) is 7.21. The standard InChI is InChI=1S/C17H26N6O2/c1-5-22-10-13(8-18-22)15-12-21(6-7-25-15)16(24)20-14-9-19-23(11-14)17(2,3)4/h8-11,15H,5-7,12H2,1-4H3,(H,20,24)/t15-/m0/s1. The molecule has 25 heavy (non-hydrogen) atoms. The molecule has 8 heteroatoms. The minimum absolute atomic E-state index is 0.119. The zero-order chi connectivity index (χ0) is 18.0. The normalized spacial score (nSPS) is 18.4. The van der Waals surface area contributed by atoms with Crippen molar-refractivity contribution in [2.75, 3.05) is 25.0 Å². The molecule has 0 radical (unpaired) electrons. The maximum Gasteiger partial charge on any atom is 0.322 e. The molecule has 0 spiro atoms. The van der Waals surface area contributed by atoms with Crippen LogP contribution in [0.2, 0.25) is 0 Å². The van der Waals surface area contributed by atoms with Gasteiger partial charge in [0.2, 0.25) is 0 Å². The largest absolute Gasteiger partial charge is 0.370 e. The highest BCUT2D eigenvalue weighted by atomic mass is 16.5. The van der Waals surface area contributed by atoms with Crippen LogP contribution >= 0.6 is 0 Å². The fourth-order valence-electron chi connectivity index (χ4n) is 2.71. The molecule has 0 saturated carbocycles. The Kier molecular flexibility index (Phi) is 4.80. The first-order chi connectivity index (χ1) is 11.9. The predicted octanol–water partition coefficient (Wildman–Crippen LogP) is 2.46. The van der Waals surface area contributed by atoms with Gasteiger partial charge in [0.05, 0.1) is 36.8 Å². The maximum absolute atomic E-state index is 12.6. The Morgan fingerprint density at radius 1 is 1.32 bits per heavy atom. The molecule has 0 aromatic carbocycles. The van der Waals surface area contributed by atoms with Crippen molar-refractivity contribution in [1.82, 2.24) is 24.5 Å². The van der Waals surface area contributed by atoms with E-state index in [2.05, 4.69) is 36.3 Å². The molecule has 136 valence electrons. The van der Waals surface area contributed by atoms with Crippen molar-refractivity contribution in [2.24, 2.45) is 0 Å². The molecule has 8 nitrogen and oxygen atoms in total. The first-order valence-electron chi connectivity index (χ1n) is 8.62. The van der Waals surface area contributed by atoms with Crippen LogP contribution in [-0.2, 0) is 16.8 Å². The average molecular weight is 346 g/mol. The van der Waals surface area contributed by atoms with Crippen LogP contribution in [0.3, 0.4) is 0 Å². The van der Waals surface area contributed by atoms with Crippen LogP contribution in [0.15, 0.2) is 24.8 Å². The second-order valence-electron chi connectivity index (χ2n) is 7.21. The molecular weight excluding hydrogens is 320 g/mol. The number of anilines is 1. The molecule has 0 unspecified atom stereocenters. The van der Waals surface area contributed by atoms with E-state index in [-0.39, 0.29) is 17.7 Å². The van der Waals surface area contributed by atoms with Crippen LogP contribution < -0.4 is 5.32 Å². The maximum atomic E-state index is 12.6. The monoisotopic (exact) mass is 346 g/mol. The fraction of sp³-hybridized carbons (Fsp3) is 0.588. The fourth-order valence-corrected chi connectivity index (χ4v) is 2.71. The first kappa shape index (κ1) is 17.5. The van der Waals surface area contributed by atoms with Crippen molar-refractivity contribution in [3.8, 4) is 0 Å². The number of aryl methyl sites for hydroxylation is 1. The van der Waals surface area contributed by atoms with Gasteiger partial charge in [-0.3, -0.25) is 9.36 Å². The number of amides is 2. The first-order valence-corrected chi connectivity index (χ1v) is 8.62. The van der Waals surface area contributed by atoms with Crippen LogP contribution in [-0.4, -0.2) is 50.2 Å². The summed E-state index contributed by atoms with van der Waals surface area (Å²) < 4.78 is 9.51. The summed E-state index contributed by atoms with van der Waals surface area (Å²) in [5.74, 6) is 0. The number of hydrogen-bond donors (Lipinski definition) is 1. The number of nitrogens with zero attached hydrogens (tertiary/aromatic N) is 5. The Labute approximate surface area is 147 Å². The van der Waals surface area contributed by atoms with E-state index in [1.807, 2.05) is 34.9 Å². The van der Waals surface area contributed by atoms with Gasteiger partial charge in [0, 0.05) is 31.0 Å². The molecular formula is C17H26N6O2. The number of ether oxygens (including phenoxy) is 1. The van der Waals surface area contributed by atoms with E-state index in [0.29, 0.717) is 25.4 Å². The lowest BCUT2D eigenvalue weighted by Gasteiger charge is -2.32. The van der Waals surface area contributed by atoms with Crippen LogP contribution in [0.5, 0.6) is 0 Å². The summed E-state index contributed by atoms with van der Waals surface area (Å²) in [5.41, 5.74) is 1.58. The third-order valence-electron chi connectivity index (χ3n) is 4.22. The lowest BCUT2D eigenvalue weighted by molar-refractivity contribution is -0.0135. The number of hydrogen-bond acceptors (Lipinski definition) is 4. The molecule has 1 N–H and O–H groups in total. The number of carbonyl (C=O) groups is 1. The molecule has 1 aliphatic rings. The summed E-state index contributed by atoms with van der Waals surface area (Å²) >= 11 is 0. The summed E-state index contributed by atoms with van der Waals surface area (Å²) in [6, 6.07) is -0.135. The highest BCUT2D eigenvalue weighted by molar-refractivity contribution is 5.89. The number of morpholine rings is 1. The van der Waals surface area contributed by atoms with E-state index >= 15 is 0 Å². The molecule has 2 amide bonds. The highest BCUT2D eigenvalue weighted by Crippen LogP contribution is 2.23. The van der Waals surface area contributed by atoms with Gasteiger partial charge in [0.1, 0.15) is 6.10 Å². The smallest absolute Gasteiger partial charge is 0.322 e. The molecule has 0 aliphatic carbocycles. The van der Waals surface area contributed by atoms with Gasteiger partial charge >= 0.3 is 6.03 Å². The summed E-state index contributed by atoms with van der Waals surface area (Å²) in [6.45, 7) is 10.6. The second kappa shape index (κ2) is 6.87. The van der Waals surface area contributed by atoms with Gasteiger partial charge in [0.25, 0.3) is 0 Å². The molecule has 1 atom stereocenters. The molecule has 0 bridgehead atoms. The van der Waals surface area contributed by atoms with Crippen LogP contribution in [0.4, 0.5) is 10.5 Å². The van der Waals surface area contributed by atoms with E-state index in [9.17, 15) is 4.79 Å². The predicted molar refractivity (Wildman–Crippen MR) is 94.4 cm³/mol. The van der Waals surface area contributed by atoms with E-state index < -0.39 is 0 Å². The average Bonchev–Trinajstić information content (AvgIpc) is 3.23. The number of urea groups is 1. The van der Waals surface area contributed by atoms with Gasteiger partial charge < -0.3 is 15.0 Å². The van der Waals surface area contributed by atoms with Gasteiger partial charge in [-0.05, 0) is 27.7 Å². The van der Waals surface area contributed by atoms with Gasteiger partial charge in [-0.1, -0.05) is 0 Å². The van der Waals surface area contributed by atoms with Crippen LogP contribution in [0.1, 0.15) is 39.4 Å². The van der Waals surface area contributed by atoms with Crippen molar-refractivity contribution in [1.29, 1.82) is 0 Å². The SMILES string of the molecule is CCn1cc([C@@H]2CN(C(=O)Nc3cnn(C(C)(C)C)c3)CCO2)cn1. The Hall–Kier alpha value is -2.35. The van der Waals surface area contributed by atoms with E-state index in [1.165, 1.54) is 0 Å². The lowest BCUT2D eigenvalue weighted by atomic mass is 10.1. The molecule has 2 aromatic rings. The van der Waals surface area contributed by atoms with Crippen molar-refractivity contribution in [2.45, 2.75) is 45.9 Å². The van der Waals surface area contributed by atoms with Crippen molar-refractivity contribution < 1.29 is 9.53 Å². The Morgan fingerprint density at radius 3 is 2.76 bits per heavy atom. The highest BCUT2D eigenvalue weighted by Gasteiger charge is 2.26. The summed E-state index contributed by atoms with van der Waals surface area (Å²) in [7, 11) is 0. The number of rotatable bonds is 3. The molecule has 2 aromatic heterocycles. The van der Waals surface area contributed by atoms with E-state index in [1.54, 1.807) is 11.1 Å². The number of aromatic nitrogens is 4. The van der Waals surface area contributed by atoms with E-state index in [4.69, 9.17) is 4.74 Å². The van der Waals surface area contributed by atoms with Gasteiger partial charge in [-0.15, -0.1) is 0 Å². The Bertz CT molecular complexity index is 730. The van der Waals surface area contributed by atoms with Crippen molar-refractivity contribution >= 4 is 11.7 Å². The zero-order valence-electron chi connectivity index (χ0n) is 15.3. The molecule has 1 fully saturated rings. The van der Waals surface area contributed by atoms with Gasteiger partial charge in [-0.25, -0.2) is 4.79 Å². The zero-order valence-corrected chi connectivity index (χ0v) is 15.3. The Morgan fingerprint density at radius 2 is 2.12 bits per heavy atom. The molecule has 3 heterocycles. The van der Waals surface area contributed by atoms with E-state index in [0.717, 1.165) is 12.1 Å². The minimum Gasteiger partial charge on any atom is -0.370 e. The summed E-state index contributed by atoms with van der Waals surface area (Å²) in [6.07, 6.45) is 7.16.